The van der Waals surface area contributed by atoms with Gasteiger partial charge in [0.1, 0.15) is 0 Å². The van der Waals surface area contributed by atoms with Crippen LogP contribution < -0.4 is 5.32 Å². The SMILES string of the molecule is CN(C)C(=O)CCNCc1cnn2ccccc12. The van der Waals surface area contributed by atoms with Gasteiger partial charge in [0, 0.05) is 45.4 Å². The molecule has 0 aliphatic carbocycles. The van der Waals surface area contributed by atoms with E-state index in [-0.39, 0.29) is 5.91 Å². The van der Waals surface area contributed by atoms with Gasteiger partial charge in [-0.1, -0.05) is 6.07 Å². The fourth-order valence-electron chi connectivity index (χ4n) is 1.77. The number of fused-ring (bicyclic) bond motifs is 1. The summed E-state index contributed by atoms with van der Waals surface area (Å²) in [6.45, 7) is 1.41. The van der Waals surface area contributed by atoms with Crippen LogP contribution in [0.25, 0.3) is 5.52 Å². The molecule has 2 heterocycles. The zero-order chi connectivity index (χ0) is 13.0. The van der Waals surface area contributed by atoms with Crippen LogP contribution in [0.15, 0.2) is 30.6 Å². The summed E-state index contributed by atoms with van der Waals surface area (Å²) in [7, 11) is 3.54. The van der Waals surface area contributed by atoms with Crippen molar-refractivity contribution in [3.63, 3.8) is 0 Å². The molecule has 5 heteroatoms. The summed E-state index contributed by atoms with van der Waals surface area (Å²) in [6, 6.07) is 5.98. The fraction of sp³-hybridized carbons (Fsp3) is 0.385. The maximum atomic E-state index is 11.4. The molecule has 0 fully saturated rings. The summed E-state index contributed by atoms with van der Waals surface area (Å²) < 4.78 is 1.85. The van der Waals surface area contributed by atoms with E-state index >= 15 is 0 Å². The van der Waals surface area contributed by atoms with E-state index < -0.39 is 0 Å². The Labute approximate surface area is 106 Å². The number of carbonyl (C=O) groups excluding carboxylic acids is 1. The number of hydrogen-bond donors (Lipinski definition) is 1. The number of pyridine rings is 1. The van der Waals surface area contributed by atoms with Crippen LogP contribution in [-0.2, 0) is 11.3 Å². The van der Waals surface area contributed by atoms with Gasteiger partial charge in [-0.25, -0.2) is 4.52 Å². The topological polar surface area (TPSA) is 49.6 Å². The first kappa shape index (κ1) is 12.6. The van der Waals surface area contributed by atoms with E-state index in [2.05, 4.69) is 10.4 Å². The first-order chi connectivity index (χ1) is 8.68. The molecule has 0 radical (unpaired) electrons. The van der Waals surface area contributed by atoms with Crippen LogP contribution in [0, 0.1) is 0 Å². The fourth-order valence-corrected chi connectivity index (χ4v) is 1.77. The van der Waals surface area contributed by atoms with Crippen molar-refractivity contribution in [3.05, 3.63) is 36.2 Å². The van der Waals surface area contributed by atoms with Crippen LogP contribution in [0.5, 0.6) is 0 Å². The van der Waals surface area contributed by atoms with Gasteiger partial charge in [-0.05, 0) is 12.1 Å². The Bertz CT molecular complexity index is 533. The third-order valence-electron chi connectivity index (χ3n) is 2.84. The highest BCUT2D eigenvalue weighted by molar-refractivity contribution is 5.75. The lowest BCUT2D eigenvalue weighted by atomic mass is 10.2. The van der Waals surface area contributed by atoms with Crippen LogP contribution >= 0.6 is 0 Å². The number of carbonyl (C=O) groups is 1. The molecule has 0 bridgehead atoms. The predicted molar refractivity (Wildman–Crippen MR) is 70.2 cm³/mol. The molecule has 0 spiro atoms. The smallest absolute Gasteiger partial charge is 0.223 e. The van der Waals surface area contributed by atoms with Gasteiger partial charge in [-0.15, -0.1) is 0 Å². The highest BCUT2D eigenvalue weighted by atomic mass is 16.2. The average molecular weight is 246 g/mol. The second kappa shape index (κ2) is 5.64. The third kappa shape index (κ3) is 2.87. The maximum Gasteiger partial charge on any atom is 0.223 e. The van der Waals surface area contributed by atoms with Crippen molar-refractivity contribution >= 4 is 11.4 Å². The minimum atomic E-state index is 0.141. The van der Waals surface area contributed by atoms with Gasteiger partial charge in [-0.2, -0.15) is 5.10 Å². The number of rotatable bonds is 5. The number of nitrogens with one attached hydrogen (secondary N) is 1. The van der Waals surface area contributed by atoms with Crippen molar-refractivity contribution in [2.45, 2.75) is 13.0 Å². The van der Waals surface area contributed by atoms with Gasteiger partial charge in [0.2, 0.25) is 5.91 Å². The molecule has 2 rings (SSSR count). The molecule has 0 aliphatic rings. The van der Waals surface area contributed by atoms with E-state index in [1.165, 1.54) is 0 Å². The minimum Gasteiger partial charge on any atom is -0.349 e. The van der Waals surface area contributed by atoms with E-state index in [1.807, 2.05) is 35.1 Å². The molecular formula is C13H18N4O. The zero-order valence-corrected chi connectivity index (χ0v) is 10.8. The monoisotopic (exact) mass is 246 g/mol. The minimum absolute atomic E-state index is 0.141. The van der Waals surface area contributed by atoms with Crippen molar-refractivity contribution in [3.8, 4) is 0 Å². The van der Waals surface area contributed by atoms with Crippen LogP contribution in [0.2, 0.25) is 0 Å². The molecule has 18 heavy (non-hydrogen) atoms. The van der Waals surface area contributed by atoms with E-state index in [1.54, 1.807) is 19.0 Å². The predicted octanol–water partition coefficient (Wildman–Crippen LogP) is 0.902. The second-order valence-electron chi connectivity index (χ2n) is 4.42. The lowest BCUT2D eigenvalue weighted by molar-refractivity contribution is -0.128. The Kier molecular flexibility index (Phi) is 3.94. The zero-order valence-electron chi connectivity index (χ0n) is 10.8. The number of aromatic nitrogens is 2. The normalized spacial score (nSPS) is 10.8. The number of amides is 1. The maximum absolute atomic E-state index is 11.4. The Morgan fingerprint density at radius 2 is 2.28 bits per heavy atom. The van der Waals surface area contributed by atoms with Gasteiger partial charge in [0.25, 0.3) is 0 Å². The van der Waals surface area contributed by atoms with Crippen LogP contribution in [-0.4, -0.2) is 41.1 Å². The molecule has 1 amide bonds. The van der Waals surface area contributed by atoms with Crippen LogP contribution in [0.3, 0.4) is 0 Å². The highest BCUT2D eigenvalue weighted by Gasteiger charge is 2.05. The number of hydrogen-bond acceptors (Lipinski definition) is 3. The van der Waals surface area contributed by atoms with Crippen molar-refractivity contribution < 1.29 is 4.79 Å². The largest absolute Gasteiger partial charge is 0.349 e. The number of nitrogens with zero attached hydrogens (tertiary/aromatic N) is 3. The standard InChI is InChI=1S/C13H18N4O/c1-16(2)13(18)6-7-14-9-11-10-15-17-8-4-3-5-12(11)17/h3-5,8,10,14H,6-7,9H2,1-2H3. The Morgan fingerprint density at radius 1 is 1.44 bits per heavy atom. The second-order valence-corrected chi connectivity index (χ2v) is 4.42. The van der Waals surface area contributed by atoms with E-state index in [4.69, 9.17) is 0 Å². The highest BCUT2D eigenvalue weighted by Crippen LogP contribution is 2.09. The third-order valence-corrected chi connectivity index (χ3v) is 2.84. The molecule has 1 N–H and O–H groups in total. The van der Waals surface area contributed by atoms with Gasteiger partial charge < -0.3 is 10.2 Å². The van der Waals surface area contributed by atoms with Crippen molar-refractivity contribution in [1.29, 1.82) is 0 Å². The van der Waals surface area contributed by atoms with Crippen molar-refractivity contribution in [2.75, 3.05) is 20.6 Å². The first-order valence-electron chi connectivity index (χ1n) is 6.00. The summed E-state index contributed by atoms with van der Waals surface area (Å²) in [4.78, 5) is 13.0. The molecule has 0 unspecified atom stereocenters. The van der Waals surface area contributed by atoms with E-state index in [9.17, 15) is 4.79 Å². The molecule has 0 atom stereocenters. The van der Waals surface area contributed by atoms with Crippen molar-refractivity contribution in [1.82, 2.24) is 19.8 Å². The van der Waals surface area contributed by atoms with Crippen LogP contribution in [0.4, 0.5) is 0 Å². The molecule has 2 aromatic rings. The lowest BCUT2D eigenvalue weighted by Gasteiger charge is -2.10. The summed E-state index contributed by atoms with van der Waals surface area (Å²) >= 11 is 0. The Balaban J connectivity index is 1.85. The first-order valence-corrected chi connectivity index (χ1v) is 6.00. The van der Waals surface area contributed by atoms with E-state index in [0.717, 1.165) is 17.6 Å². The van der Waals surface area contributed by atoms with E-state index in [0.29, 0.717) is 13.0 Å². The Morgan fingerprint density at radius 3 is 3.06 bits per heavy atom. The summed E-state index contributed by atoms with van der Waals surface area (Å²) in [5, 5.41) is 7.53. The quantitative estimate of drug-likeness (QED) is 0.798. The summed E-state index contributed by atoms with van der Waals surface area (Å²) in [6.07, 6.45) is 4.30. The molecule has 0 aliphatic heterocycles. The molecular weight excluding hydrogens is 228 g/mol. The molecule has 0 saturated heterocycles. The molecule has 5 nitrogen and oxygen atoms in total. The van der Waals surface area contributed by atoms with Gasteiger partial charge in [-0.3, -0.25) is 4.79 Å². The lowest BCUT2D eigenvalue weighted by Crippen LogP contribution is -2.26. The summed E-state index contributed by atoms with van der Waals surface area (Å²) in [5.41, 5.74) is 2.25. The van der Waals surface area contributed by atoms with Gasteiger partial charge in [0.15, 0.2) is 0 Å². The average Bonchev–Trinajstić information content (AvgIpc) is 2.77. The Hall–Kier alpha value is -1.88. The molecule has 0 saturated carbocycles. The van der Waals surface area contributed by atoms with Gasteiger partial charge >= 0.3 is 0 Å². The molecule has 0 aromatic carbocycles. The van der Waals surface area contributed by atoms with Crippen molar-refractivity contribution in [2.24, 2.45) is 0 Å². The van der Waals surface area contributed by atoms with Gasteiger partial charge in [0.05, 0.1) is 11.7 Å². The summed E-state index contributed by atoms with van der Waals surface area (Å²) in [5.74, 6) is 0.141. The molecule has 96 valence electrons. The molecule has 2 aromatic heterocycles. The van der Waals surface area contributed by atoms with Crippen LogP contribution in [0.1, 0.15) is 12.0 Å².